The van der Waals surface area contributed by atoms with E-state index in [-0.39, 0.29) is 25.5 Å². The van der Waals surface area contributed by atoms with Crippen molar-refractivity contribution >= 4 is 132 Å². The molecular formula is C121H115B2N5OS. The van der Waals surface area contributed by atoms with E-state index in [9.17, 15) is 0 Å². The Morgan fingerprint density at radius 3 is 1.18 bits per heavy atom. The summed E-state index contributed by atoms with van der Waals surface area (Å²) in [5, 5.41) is 0. The molecule has 14 aromatic rings. The maximum absolute atomic E-state index is 7.86. The zero-order valence-corrected chi connectivity index (χ0v) is 75.8. The molecule has 0 N–H and O–H groups in total. The minimum absolute atomic E-state index is 0.111. The molecule has 14 aromatic carbocycles. The summed E-state index contributed by atoms with van der Waals surface area (Å²) in [5.41, 5.74) is 34.5. The van der Waals surface area contributed by atoms with Crippen LogP contribution in [0.15, 0.2) is 331 Å². The lowest BCUT2D eigenvalue weighted by Crippen LogP contribution is -2.65. The molecule has 6 saturated carbocycles. The van der Waals surface area contributed by atoms with Crippen LogP contribution in [-0.2, 0) is 5.41 Å². The van der Waals surface area contributed by atoms with Gasteiger partial charge in [0.25, 0.3) is 13.4 Å². The Morgan fingerprint density at radius 1 is 0.269 bits per heavy atom. The van der Waals surface area contributed by atoms with Gasteiger partial charge in [0, 0.05) is 90.5 Å². The molecule has 0 amide bonds. The summed E-state index contributed by atoms with van der Waals surface area (Å²) in [4.78, 5) is 17.0. The molecule has 0 bridgehead atoms. The zero-order valence-electron chi connectivity index (χ0n) is 75.0. The summed E-state index contributed by atoms with van der Waals surface area (Å²) < 4.78 is 7.86. The van der Waals surface area contributed by atoms with E-state index in [0.717, 1.165) is 39.9 Å². The average Bonchev–Trinajstić information content (AvgIpc) is 0.833. The molecule has 4 atom stereocenters. The molecule has 4 unspecified atom stereocenters. The number of fused-ring (bicyclic) bond motifs is 17. The van der Waals surface area contributed by atoms with E-state index in [4.69, 9.17) is 4.74 Å². The molecule has 9 heteroatoms. The van der Waals surface area contributed by atoms with E-state index >= 15 is 0 Å². The summed E-state index contributed by atoms with van der Waals surface area (Å²) >= 11 is 2.14. The van der Waals surface area contributed by atoms with Gasteiger partial charge in [-0.05, 0) is 253 Å². The van der Waals surface area contributed by atoms with Crippen LogP contribution in [0, 0.1) is 47.3 Å². The second-order valence-corrected chi connectivity index (χ2v) is 41.8. The summed E-state index contributed by atoms with van der Waals surface area (Å²) in [6, 6.07) is 127. The highest BCUT2D eigenvalue weighted by molar-refractivity contribution is 7.99. The Balaban J connectivity index is 0.769. The van der Waals surface area contributed by atoms with Gasteiger partial charge in [-0.25, -0.2) is 0 Å². The van der Waals surface area contributed by atoms with E-state index in [1.165, 1.54) is 300 Å². The van der Waals surface area contributed by atoms with Crippen LogP contribution in [0.1, 0.15) is 189 Å². The van der Waals surface area contributed by atoms with Gasteiger partial charge in [0.15, 0.2) is 0 Å². The van der Waals surface area contributed by atoms with Crippen molar-refractivity contribution in [1.82, 2.24) is 0 Å². The number of ether oxygens (including phenoxy) is 1. The van der Waals surface area contributed by atoms with Crippen LogP contribution >= 0.6 is 11.8 Å². The second-order valence-electron chi connectivity index (χ2n) is 40.7. The predicted molar refractivity (Wildman–Crippen MR) is 546 cm³/mol. The fourth-order valence-corrected chi connectivity index (χ4v) is 30.2. The summed E-state index contributed by atoms with van der Waals surface area (Å²) in [6.07, 6.45) is 34.4. The van der Waals surface area contributed by atoms with Gasteiger partial charge in [0.2, 0.25) is 0 Å². The van der Waals surface area contributed by atoms with Gasteiger partial charge in [0.1, 0.15) is 11.5 Å². The molecule has 0 radical (unpaired) electrons. The van der Waals surface area contributed by atoms with Crippen molar-refractivity contribution in [2.45, 2.75) is 194 Å². The van der Waals surface area contributed by atoms with Gasteiger partial charge in [-0.3, -0.25) is 0 Å². The van der Waals surface area contributed by atoms with Gasteiger partial charge < -0.3 is 29.2 Å². The molecule has 12 aliphatic rings. The lowest BCUT2D eigenvalue weighted by atomic mass is 9.33. The van der Waals surface area contributed by atoms with Crippen LogP contribution in [-0.4, -0.2) is 25.5 Å². The van der Waals surface area contributed by atoms with Crippen molar-refractivity contribution in [3.05, 3.63) is 344 Å². The third-order valence-corrected chi connectivity index (χ3v) is 35.3. The smallest absolute Gasteiger partial charge is 0.256 e. The number of hydrogen-bond donors (Lipinski definition) is 0. The lowest BCUT2D eigenvalue weighted by molar-refractivity contribution is 0.0839. The van der Waals surface area contributed by atoms with E-state index in [1.54, 1.807) is 0 Å². The van der Waals surface area contributed by atoms with Crippen LogP contribution in [0.3, 0.4) is 0 Å². The monoisotopic (exact) mass is 1710 g/mol. The van der Waals surface area contributed by atoms with Crippen LogP contribution in [0.2, 0.25) is 0 Å². The van der Waals surface area contributed by atoms with E-state index in [2.05, 4.69) is 358 Å². The van der Waals surface area contributed by atoms with Crippen LogP contribution in [0.5, 0.6) is 11.5 Å². The first-order valence-electron chi connectivity index (χ1n) is 50.3. The Bertz CT molecular complexity index is 6480. The summed E-state index contributed by atoms with van der Waals surface area (Å²) in [5.74, 6) is 6.64. The first-order valence-corrected chi connectivity index (χ1v) is 51.2. The molecule has 6 fully saturated rings. The Morgan fingerprint density at radius 2 is 0.669 bits per heavy atom. The second kappa shape index (κ2) is 33.0. The Labute approximate surface area is 774 Å². The molecule has 0 aromatic heterocycles. The molecule has 26 rings (SSSR count). The van der Waals surface area contributed by atoms with Gasteiger partial charge in [0.05, 0.1) is 16.8 Å². The van der Waals surface area contributed by atoms with Crippen molar-refractivity contribution in [2.24, 2.45) is 47.3 Å². The highest BCUT2D eigenvalue weighted by Crippen LogP contribution is 2.66. The molecule has 7 aliphatic carbocycles. The predicted octanol–water partition coefficient (Wildman–Crippen LogP) is 28.8. The Hall–Kier alpha value is -11.6. The molecule has 5 heterocycles. The third kappa shape index (κ3) is 12.9. The van der Waals surface area contributed by atoms with Gasteiger partial charge in [-0.15, -0.1) is 0 Å². The topological polar surface area (TPSA) is 25.4 Å². The fraction of sp³-hybridized carbons (Fsp3) is 0.306. The summed E-state index contributed by atoms with van der Waals surface area (Å²) in [7, 11) is 0. The SMILES string of the molecule is c1ccc(-c2cccc(N(c3ccccc3)c3cc4c5c(c3)N(C3C(C6CCCCC6)CCCC3C3CCCCC3)c3cc6c(cc3B5c3ccccc3O4)C3(c4cc5c(cc4S6)N(C4C(C6CCCCC6)CCCC4C4CCCCC4)c4cc(N(c6ccccc6)c6ccccc6)cc6c4B5c4ccccc4N6c4ccccc4)c4ccccc4-c4ccccc43)c2)cc1. The van der Waals surface area contributed by atoms with Crippen molar-refractivity contribution in [3.63, 3.8) is 0 Å². The molecule has 6 nitrogen and oxygen atoms in total. The number of nitrogens with zero attached hydrogens (tertiary/aromatic N) is 5. The minimum Gasteiger partial charge on any atom is -0.458 e. The van der Waals surface area contributed by atoms with E-state index < -0.39 is 5.41 Å². The molecule has 5 aliphatic heterocycles. The number of para-hydroxylation sites is 6. The first-order chi connectivity index (χ1) is 64.5. The van der Waals surface area contributed by atoms with Crippen LogP contribution < -0.4 is 62.0 Å². The zero-order chi connectivity index (χ0) is 85.5. The van der Waals surface area contributed by atoms with Crippen molar-refractivity contribution in [3.8, 4) is 33.8 Å². The van der Waals surface area contributed by atoms with Crippen LogP contribution in [0.25, 0.3) is 22.3 Å². The molecule has 0 saturated heterocycles. The number of benzene rings is 14. The average molecular weight is 1710 g/mol. The van der Waals surface area contributed by atoms with Gasteiger partial charge in [-0.1, -0.05) is 365 Å². The normalized spacial score (nSPS) is 21.7. The van der Waals surface area contributed by atoms with Gasteiger partial charge >= 0.3 is 0 Å². The Kier molecular flexibility index (Phi) is 20.1. The maximum Gasteiger partial charge on any atom is 0.256 e. The maximum atomic E-state index is 7.86. The molecule has 642 valence electrons. The lowest BCUT2D eigenvalue weighted by Gasteiger charge is -2.55. The number of anilines is 13. The van der Waals surface area contributed by atoms with E-state index in [0.29, 0.717) is 47.3 Å². The summed E-state index contributed by atoms with van der Waals surface area (Å²) in [6.45, 7) is -0.250. The van der Waals surface area contributed by atoms with E-state index in [1.807, 2.05) is 0 Å². The van der Waals surface area contributed by atoms with Crippen LogP contribution in [0.4, 0.5) is 73.9 Å². The highest BCUT2D eigenvalue weighted by Gasteiger charge is 2.58. The molecule has 130 heavy (non-hydrogen) atoms. The van der Waals surface area contributed by atoms with Crippen molar-refractivity contribution < 1.29 is 4.74 Å². The fourth-order valence-electron chi connectivity index (χ4n) is 29.0. The first kappa shape index (κ1) is 79.3. The minimum atomic E-state index is -0.742. The highest BCUT2D eigenvalue weighted by atomic mass is 32.2. The van der Waals surface area contributed by atoms with Crippen molar-refractivity contribution in [2.75, 3.05) is 24.5 Å². The molecule has 1 spiro atoms. The number of rotatable bonds is 14. The van der Waals surface area contributed by atoms with Crippen molar-refractivity contribution in [1.29, 1.82) is 0 Å². The standard InChI is InChI=1S/C121H115B2N5OS/c1-10-39-80(40-11-1)85-49-36-58-90(71-85)125(88-54-24-8-25-55-88)92-74-112-118-114(75-92)129-113-70-35-33-68-104(113)123(118)106-77-102-116(79-109(106)128(112)120-95(83-45-16-4-17-46-83)63-38-64-96(120)84-47-18-5-19-48-84)130-115-78-108-105(76-101(115)121(102)99-65-30-28-59-97(99)98-60-29-31-66-100(98)121)122-103-67-32-34-69-107(103)126(89-56-26-9-27-57-89)110-72-91(124(86-50-20-6-21-51-86)87-52-22-7-23-53-87)73-111(117(110)122)127(108)119-93(81-41-12-2-13-42-81)61-37-62-94(119)82-43-14-3-15-44-82/h1,6-11,20-36,39-40,49-60,65-79,81-84,93-96,119-120H,2-5,12-19,37-38,41-48,61-64H2. The number of hydrogen-bond acceptors (Lipinski definition) is 7. The quantitative estimate of drug-likeness (QED) is 0.100. The van der Waals surface area contributed by atoms with Gasteiger partial charge in [-0.2, -0.15) is 0 Å². The molecular weight excluding hydrogens is 1590 g/mol. The third-order valence-electron chi connectivity index (χ3n) is 34.2. The largest absolute Gasteiger partial charge is 0.458 e.